The predicted molar refractivity (Wildman–Crippen MR) is 148 cm³/mol. The van der Waals surface area contributed by atoms with Gasteiger partial charge in [-0.25, -0.2) is 9.40 Å². The molecule has 2 heterocycles. The van der Waals surface area contributed by atoms with Gasteiger partial charge in [0.2, 0.25) is 0 Å². The van der Waals surface area contributed by atoms with Crippen LogP contribution in [0.5, 0.6) is 0 Å². The van der Waals surface area contributed by atoms with Crippen LogP contribution in [-0.2, 0) is 4.79 Å². The molecule has 2 aliphatic heterocycles. The molecule has 1 fully saturated rings. The number of piperazine rings is 1. The summed E-state index contributed by atoms with van der Waals surface area (Å²) in [6, 6.07) is 19.6. The van der Waals surface area contributed by atoms with Crippen LogP contribution < -0.4 is 4.90 Å². The molecule has 0 bridgehead atoms. The van der Waals surface area contributed by atoms with Crippen LogP contribution in [0.1, 0.15) is 45.8 Å². The van der Waals surface area contributed by atoms with E-state index in [0.717, 1.165) is 16.8 Å². The average molecular weight is 499 g/mol. The molecule has 0 spiro atoms. The molecule has 1 saturated heterocycles. The number of hydrogen-bond donors (Lipinski definition) is 0. The van der Waals surface area contributed by atoms with Crippen molar-refractivity contribution in [3.05, 3.63) is 99.9 Å². The van der Waals surface area contributed by atoms with Gasteiger partial charge in [-0.1, -0.05) is 48.0 Å². The van der Waals surface area contributed by atoms with Crippen molar-refractivity contribution in [3.8, 4) is 0 Å². The van der Waals surface area contributed by atoms with E-state index >= 15 is 0 Å². The Balaban J connectivity index is 1.35. The highest BCUT2D eigenvalue weighted by Gasteiger charge is 2.35. The number of amides is 1. The summed E-state index contributed by atoms with van der Waals surface area (Å²) in [7, 11) is 0. The van der Waals surface area contributed by atoms with Crippen LogP contribution in [0.15, 0.2) is 65.8 Å². The van der Waals surface area contributed by atoms with Crippen LogP contribution in [0.4, 0.5) is 10.1 Å². The summed E-state index contributed by atoms with van der Waals surface area (Å²) >= 11 is 0. The van der Waals surface area contributed by atoms with Gasteiger partial charge in [0.15, 0.2) is 0 Å². The van der Waals surface area contributed by atoms with E-state index in [2.05, 4.69) is 73.9 Å². The zero-order valence-electron chi connectivity index (χ0n) is 22.2. The molecule has 0 saturated carbocycles. The van der Waals surface area contributed by atoms with E-state index in [-0.39, 0.29) is 17.8 Å². The molecule has 192 valence electrons. The fraction of sp³-hybridized carbons (Fsp3) is 0.355. The molecule has 5 rings (SSSR count). The Labute approximate surface area is 219 Å². The summed E-state index contributed by atoms with van der Waals surface area (Å²) < 4.78 is 14.2. The molecule has 0 unspecified atom stereocenters. The summed E-state index contributed by atoms with van der Waals surface area (Å²) in [5.41, 5.74) is 8.63. The lowest BCUT2D eigenvalue weighted by atomic mass is 9.93. The minimum Gasteiger partial charge on any atom is -0.367 e. The molecular formula is C31H35FN4O. The van der Waals surface area contributed by atoms with Crippen molar-refractivity contribution in [2.24, 2.45) is 5.10 Å². The maximum atomic E-state index is 14.2. The van der Waals surface area contributed by atoms with Crippen molar-refractivity contribution in [3.63, 3.8) is 0 Å². The van der Waals surface area contributed by atoms with Gasteiger partial charge < -0.3 is 4.90 Å². The molecule has 3 aromatic rings. The first-order valence-electron chi connectivity index (χ1n) is 13.1. The molecule has 2 aliphatic rings. The van der Waals surface area contributed by atoms with E-state index in [1.807, 2.05) is 12.1 Å². The number of carbonyl (C=O) groups is 1. The van der Waals surface area contributed by atoms with E-state index in [0.29, 0.717) is 44.8 Å². The fourth-order valence-corrected chi connectivity index (χ4v) is 5.32. The number of carbonyl (C=O) groups excluding carboxylic acids is 1. The van der Waals surface area contributed by atoms with Gasteiger partial charge in [-0.2, -0.15) is 5.10 Å². The zero-order valence-corrected chi connectivity index (χ0v) is 22.2. The van der Waals surface area contributed by atoms with E-state index in [9.17, 15) is 9.18 Å². The number of anilines is 1. The third-order valence-electron chi connectivity index (χ3n) is 7.72. The second kappa shape index (κ2) is 10.5. The maximum absolute atomic E-state index is 14.2. The largest absolute Gasteiger partial charge is 0.367 e. The lowest BCUT2D eigenvalue weighted by molar-refractivity contribution is -0.134. The third kappa shape index (κ3) is 5.30. The molecule has 1 atom stereocenters. The maximum Gasteiger partial charge on any atom is 0.257 e. The van der Waals surface area contributed by atoms with Crippen LogP contribution in [-0.4, -0.2) is 54.3 Å². The number of benzene rings is 3. The summed E-state index contributed by atoms with van der Waals surface area (Å²) in [6.45, 7) is 11.5. The van der Waals surface area contributed by atoms with Gasteiger partial charge in [0.1, 0.15) is 5.82 Å². The second-order valence-electron chi connectivity index (χ2n) is 10.4. The quantitative estimate of drug-likeness (QED) is 0.462. The molecule has 0 aliphatic carbocycles. The summed E-state index contributed by atoms with van der Waals surface area (Å²) in [6.07, 6.45) is 0.694. The van der Waals surface area contributed by atoms with Crippen molar-refractivity contribution >= 4 is 17.3 Å². The number of rotatable bonds is 5. The molecule has 0 radical (unpaired) electrons. The van der Waals surface area contributed by atoms with Gasteiger partial charge >= 0.3 is 0 Å². The Kier molecular flexibility index (Phi) is 7.11. The minimum atomic E-state index is -0.200. The lowest BCUT2D eigenvalue weighted by Crippen LogP contribution is -2.49. The Morgan fingerprint density at radius 2 is 1.62 bits per heavy atom. The number of aryl methyl sites for hydroxylation is 4. The molecule has 6 heteroatoms. The Morgan fingerprint density at radius 3 is 2.35 bits per heavy atom. The summed E-state index contributed by atoms with van der Waals surface area (Å²) in [5.74, 6) is -0.197. The van der Waals surface area contributed by atoms with Gasteiger partial charge in [-0.3, -0.25) is 9.69 Å². The summed E-state index contributed by atoms with van der Waals surface area (Å²) in [5, 5.41) is 6.63. The number of halogens is 1. The van der Waals surface area contributed by atoms with Crippen LogP contribution >= 0.6 is 0 Å². The highest BCUT2D eigenvalue weighted by molar-refractivity contribution is 6.03. The van der Waals surface area contributed by atoms with Gasteiger partial charge in [0, 0.05) is 32.6 Å². The Hall–Kier alpha value is -3.51. The van der Waals surface area contributed by atoms with E-state index < -0.39 is 0 Å². The van der Waals surface area contributed by atoms with Gasteiger partial charge in [0.05, 0.1) is 24.0 Å². The molecule has 5 nitrogen and oxygen atoms in total. The van der Waals surface area contributed by atoms with Crippen molar-refractivity contribution in [2.75, 3.05) is 37.6 Å². The lowest BCUT2D eigenvalue weighted by Gasteiger charge is -2.36. The highest BCUT2D eigenvalue weighted by atomic mass is 19.1. The van der Waals surface area contributed by atoms with E-state index in [1.165, 1.54) is 28.3 Å². The number of hydrazone groups is 1. The topological polar surface area (TPSA) is 39.2 Å². The standard InChI is InChI=1S/C31H35FN4O/c1-21-9-10-23(3)26(17-21)30-19-28(25-12-11-22(2)24(4)18-25)33-36(30)31(37)20-34-13-15-35(16-14-34)29-8-6-5-7-27(29)32/h5-12,17-18,30H,13-16,19-20H2,1-4H3/t30-/m1/s1. The van der Waals surface area contributed by atoms with Gasteiger partial charge in [-0.05, 0) is 73.7 Å². The molecule has 1 amide bonds. The van der Waals surface area contributed by atoms with Crippen molar-refractivity contribution < 1.29 is 9.18 Å². The number of nitrogens with zero attached hydrogens (tertiary/aromatic N) is 4. The SMILES string of the molecule is Cc1ccc(C)c([C@H]2CC(c3ccc(C)c(C)c3)=NN2C(=O)CN2CCN(c3ccccc3F)CC2)c1. The normalized spacial score (nSPS) is 18.3. The first kappa shape index (κ1) is 25.2. The highest BCUT2D eigenvalue weighted by Crippen LogP contribution is 2.35. The van der Waals surface area contributed by atoms with E-state index in [1.54, 1.807) is 11.1 Å². The van der Waals surface area contributed by atoms with E-state index in [4.69, 9.17) is 5.10 Å². The van der Waals surface area contributed by atoms with Crippen molar-refractivity contribution in [2.45, 2.75) is 40.2 Å². The fourth-order valence-electron chi connectivity index (χ4n) is 5.32. The minimum absolute atomic E-state index is 0.00378. The van der Waals surface area contributed by atoms with Crippen molar-refractivity contribution in [1.29, 1.82) is 0 Å². The smallest absolute Gasteiger partial charge is 0.257 e. The average Bonchev–Trinajstić information content (AvgIpc) is 3.33. The molecule has 3 aromatic carbocycles. The second-order valence-corrected chi connectivity index (χ2v) is 10.4. The predicted octanol–water partition coefficient (Wildman–Crippen LogP) is 5.56. The number of hydrogen-bond acceptors (Lipinski definition) is 4. The van der Waals surface area contributed by atoms with Crippen LogP contribution in [0, 0.1) is 33.5 Å². The monoisotopic (exact) mass is 498 g/mol. The third-order valence-corrected chi connectivity index (χ3v) is 7.72. The van der Waals surface area contributed by atoms with Crippen LogP contribution in [0.25, 0.3) is 0 Å². The Morgan fingerprint density at radius 1 is 0.892 bits per heavy atom. The van der Waals surface area contributed by atoms with Gasteiger partial charge in [0.25, 0.3) is 5.91 Å². The number of para-hydroxylation sites is 1. The zero-order chi connectivity index (χ0) is 26.1. The van der Waals surface area contributed by atoms with Gasteiger partial charge in [-0.15, -0.1) is 0 Å². The van der Waals surface area contributed by atoms with Crippen LogP contribution in [0.2, 0.25) is 0 Å². The molecular weight excluding hydrogens is 463 g/mol. The molecule has 37 heavy (non-hydrogen) atoms. The first-order chi connectivity index (χ1) is 17.8. The Bertz CT molecular complexity index is 1340. The summed E-state index contributed by atoms with van der Waals surface area (Å²) in [4.78, 5) is 17.9. The molecule has 0 N–H and O–H groups in total. The van der Waals surface area contributed by atoms with Crippen molar-refractivity contribution in [1.82, 2.24) is 9.91 Å². The van der Waals surface area contributed by atoms with Crippen LogP contribution in [0.3, 0.4) is 0 Å². The first-order valence-corrected chi connectivity index (χ1v) is 13.1. The molecule has 0 aromatic heterocycles.